The van der Waals surface area contributed by atoms with E-state index in [9.17, 15) is 4.79 Å². The van der Waals surface area contributed by atoms with E-state index in [4.69, 9.17) is 9.47 Å². The Labute approximate surface area is 176 Å². The van der Waals surface area contributed by atoms with Gasteiger partial charge in [0.2, 0.25) is 0 Å². The molecule has 0 aliphatic rings. The lowest BCUT2D eigenvalue weighted by atomic mass is 10.1. The molecule has 0 unspecified atom stereocenters. The molecule has 0 saturated heterocycles. The molecule has 0 spiro atoms. The van der Waals surface area contributed by atoms with Gasteiger partial charge in [-0.1, -0.05) is 36.4 Å². The molecule has 0 aliphatic heterocycles. The molecule has 0 saturated carbocycles. The van der Waals surface area contributed by atoms with Gasteiger partial charge in [0.1, 0.15) is 0 Å². The molecule has 3 aromatic carbocycles. The third kappa shape index (κ3) is 5.72. The van der Waals surface area contributed by atoms with Crippen LogP contribution in [0.5, 0.6) is 0 Å². The van der Waals surface area contributed by atoms with Crippen LogP contribution in [0.4, 0.5) is 0 Å². The van der Waals surface area contributed by atoms with E-state index in [1.165, 1.54) is 14.7 Å². The Balaban J connectivity index is 1.87. The van der Waals surface area contributed by atoms with Gasteiger partial charge in [-0.15, -0.1) is 0 Å². The van der Waals surface area contributed by atoms with Crippen molar-refractivity contribution in [1.82, 2.24) is 0 Å². The first-order valence-electron chi connectivity index (χ1n) is 9.61. The number of aryl methyl sites for hydroxylation is 1. The van der Waals surface area contributed by atoms with E-state index >= 15 is 0 Å². The number of benzene rings is 3. The Morgan fingerprint density at radius 2 is 1.38 bits per heavy atom. The van der Waals surface area contributed by atoms with Gasteiger partial charge in [0.25, 0.3) is 0 Å². The maximum absolute atomic E-state index is 12.5. The summed E-state index contributed by atoms with van der Waals surface area (Å²) in [6, 6.07) is 26.9. The van der Waals surface area contributed by atoms with E-state index in [1.807, 2.05) is 52.0 Å². The average molecular weight is 408 g/mol. The molecule has 150 valence electrons. The van der Waals surface area contributed by atoms with Crippen LogP contribution in [0.3, 0.4) is 0 Å². The Morgan fingerprint density at radius 3 is 1.86 bits per heavy atom. The highest BCUT2D eigenvalue weighted by atomic mass is 32.2. The first-order valence-corrected chi connectivity index (χ1v) is 10.8. The van der Waals surface area contributed by atoms with Crippen LogP contribution < -0.4 is 0 Å². The number of rotatable bonds is 6. The molecule has 0 heterocycles. The Morgan fingerprint density at radius 1 is 0.828 bits per heavy atom. The minimum atomic E-state index is -0.363. The van der Waals surface area contributed by atoms with Gasteiger partial charge in [-0.2, -0.15) is 0 Å². The largest absolute Gasteiger partial charge is 0.435 e. The van der Waals surface area contributed by atoms with Crippen LogP contribution in [0, 0.1) is 6.92 Å². The second kappa shape index (κ2) is 9.29. The molecule has 0 amide bonds. The Bertz CT molecular complexity index is 907. The Kier molecular flexibility index (Phi) is 6.78. The van der Waals surface area contributed by atoms with Gasteiger partial charge < -0.3 is 9.47 Å². The van der Waals surface area contributed by atoms with Crippen molar-refractivity contribution in [2.75, 3.05) is 6.79 Å². The summed E-state index contributed by atoms with van der Waals surface area (Å²) >= 11 is 0. The van der Waals surface area contributed by atoms with Crippen molar-refractivity contribution >= 4 is 16.9 Å². The van der Waals surface area contributed by atoms with Crippen molar-refractivity contribution in [3.05, 3.63) is 90.0 Å². The monoisotopic (exact) mass is 407 g/mol. The molecule has 0 fully saturated rings. The molecule has 0 atom stereocenters. The summed E-state index contributed by atoms with van der Waals surface area (Å²) in [6.45, 7) is 7.67. The minimum Gasteiger partial charge on any atom is -0.435 e. The van der Waals surface area contributed by atoms with Crippen LogP contribution in [-0.4, -0.2) is 18.4 Å². The summed E-state index contributed by atoms with van der Waals surface area (Å²) in [5.41, 5.74) is 1.11. The van der Waals surface area contributed by atoms with E-state index < -0.39 is 0 Å². The first-order chi connectivity index (χ1) is 13.8. The molecule has 3 nitrogen and oxygen atoms in total. The molecule has 3 rings (SSSR count). The smallest absolute Gasteiger partial charge is 0.340 e. The SMILES string of the molecule is Cc1cc([S+](c2ccccc2)c2ccccc2)ccc1C(=O)OCOC(C)(C)C. The lowest BCUT2D eigenvalue weighted by Gasteiger charge is -2.19. The summed E-state index contributed by atoms with van der Waals surface area (Å²) in [5.74, 6) is -0.363. The minimum absolute atomic E-state index is 0.0536. The predicted molar refractivity (Wildman–Crippen MR) is 117 cm³/mol. The van der Waals surface area contributed by atoms with Gasteiger partial charge in [0.15, 0.2) is 21.5 Å². The maximum atomic E-state index is 12.5. The average Bonchev–Trinajstić information content (AvgIpc) is 2.69. The maximum Gasteiger partial charge on any atom is 0.340 e. The van der Waals surface area contributed by atoms with Crippen LogP contribution in [0.25, 0.3) is 0 Å². The number of ether oxygens (including phenoxy) is 2. The number of carbonyl (C=O) groups is 1. The zero-order chi connectivity index (χ0) is 20.9. The quantitative estimate of drug-likeness (QED) is 0.285. The Hall–Kier alpha value is -2.56. The molecule has 0 radical (unpaired) electrons. The van der Waals surface area contributed by atoms with Gasteiger partial charge >= 0.3 is 5.97 Å². The van der Waals surface area contributed by atoms with Crippen LogP contribution in [0.2, 0.25) is 0 Å². The zero-order valence-electron chi connectivity index (χ0n) is 17.3. The lowest BCUT2D eigenvalue weighted by Crippen LogP contribution is -2.22. The van der Waals surface area contributed by atoms with Gasteiger partial charge in [0.05, 0.1) is 22.1 Å². The van der Waals surface area contributed by atoms with Crippen molar-refractivity contribution in [3.63, 3.8) is 0 Å². The van der Waals surface area contributed by atoms with E-state index in [1.54, 1.807) is 0 Å². The first kappa shape index (κ1) is 21.2. The van der Waals surface area contributed by atoms with Gasteiger partial charge in [0, 0.05) is 0 Å². The second-order valence-electron chi connectivity index (χ2n) is 7.72. The topological polar surface area (TPSA) is 35.5 Å². The molecule has 0 aromatic heterocycles. The molecule has 0 N–H and O–H groups in total. The van der Waals surface area contributed by atoms with Gasteiger partial charge in [-0.05, 0) is 75.7 Å². The summed E-state index contributed by atoms with van der Waals surface area (Å²) < 4.78 is 10.8. The van der Waals surface area contributed by atoms with E-state index in [0.717, 1.165) is 5.56 Å². The summed E-state index contributed by atoms with van der Waals surface area (Å²) in [5, 5.41) is 0. The van der Waals surface area contributed by atoms with Crippen LogP contribution >= 0.6 is 0 Å². The third-order valence-electron chi connectivity index (χ3n) is 4.29. The molecule has 0 bridgehead atoms. The van der Waals surface area contributed by atoms with E-state index in [0.29, 0.717) is 5.56 Å². The van der Waals surface area contributed by atoms with E-state index in [2.05, 4.69) is 54.6 Å². The van der Waals surface area contributed by atoms with Crippen molar-refractivity contribution < 1.29 is 14.3 Å². The van der Waals surface area contributed by atoms with E-state index in [-0.39, 0.29) is 29.3 Å². The molecular formula is C25H27O3S+. The number of hydrogen-bond donors (Lipinski definition) is 0. The molecule has 29 heavy (non-hydrogen) atoms. The number of hydrogen-bond acceptors (Lipinski definition) is 3. The highest BCUT2D eigenvalue weighted by Gasteiger charge is 2.29. The highest BCUT2D eigenvalue weighted by molar-refractivity contribution is 7.97. The zero-order valence-corrected chi connectivity index (χ0v) is 18.2. The van der Waals surface area contributed by atoms with Crippen molar-refractivity contribution in [2.45, 2.75) is 48.0 Å². The number of carbonyl (C=O) groups excluding carboxylic acids is 1. The highest BCUT2D eigenvalue weighted by Crippen LogP contribution is 2.32. The van der Waals surface area contributed by atoms with Gasteiger partial charge in [-0.3, -0.25) is 0 Å². The van der Waals surface area contributed by atoms with Crippen LogP contribution in [-0.2, 0) is 20.4 Å². The summed E-state index contributed by atoms with van der Waals surface area (Å²) in [4.78, 5) is 16.1. The fraction of sp³-hybridized carbons (Fsp3) is 0.240. The predicted octanol–water partition coefficient (Wildman–Crippen LogP) is 6.02. The van der Waals surface area contributed by atoms with Crippen molar-refractivity contribution in [1.29, 1.82) is 0 Å². The molecular weight excluding hydrogens is 380 g/mol. The lowest BCUT2D eigenvalue weighted by molar-refractivity contribution is -0.0965. The van der Waals surface area contributed by atoms with Crippen molar-refractivity contribution in [3.8, 4) is 0 Å². The fourth-order valence-corrected chi connectivity index (χ4v) is 5.02. The molecule has 4 heteroatoms. The fourth-order valence-electron chi connectivity index (χ4n) is 2.85. The molecule has 0 aliphatic carbocycles. The standard InChI is InChI=1S/C25H27O3S/c1-19-17-22(15-16-23(19)24(26)27-18-28-25(2,3)4)29(20-11-7-5-8-12-20)21-13-9-6-10-14-21/h5-17H,18H2,1-4H3/q+1. The van der Waals surface area contributed by atoms with Gasteiger partial charge in [-0.25, -0.2) is 4.79 Å². The van der Waals surface area contributed by atoms with Crippen LogP contribution in [0.15, 0.2) is 93.5 Å². The summed E-state index contributed by atoms with van der Waals surface area (Å²) in [7, 11) is -0.240. The second-order valence-corrected chi connectivity index (χ2v) is 9.74. The van der Waals surface area contributed by atoms with Crippen LogP contribution in [0.1, 0.15) is 36.7 Å². The normalized spacial score (nSPS) is 11.5. The molecule has 3 aromatic rings. The summed E-state index contributed by atoms with van der Waals surface area (Å²) in [6.07, 6.45) is 0. The van der Waals surface area contributed by atoms with Crippen molar-refractivity contribution in [2.24, 2.45) is 0 Å². The third-order valence-corrected chi connectivity index (χ3v) is 6.51. The number of esters is 1.